The summed E-state index contributed by atoms with van der Waals surface area (Å²) in [7, 11) is -1.75. The summed E-state index contributed by atoms with van der Waals surface area (Å²) in [5.74, 6) is 0.512. The van der Waals surface area contributed by atoms with Gasteiger partial charge in [-0.25, -0.2) is 4.98 Å². The quantitative estimate of drug-likeness (QED) is 0.0987. The second-order valence-electron chi connectivity index (χ2n) is 11.7. The molecule has 1 aromatic heterocycles. The molecule has 0 amide bonds. The van der Waals surface area contributed by atoms with E-state index >= 15 is 0 Å². The molecule has 6 rings (SSSR count). The van der Waals surface area contributed by atoms with E-state index in [1.54, 1.807) is 18.2 Å². The highest BCUT2D eigenvalue weighted by Crippen LogP contribution is 2.56. The molecule has 1 heterocycles. The summed E-state index contributed by atoms with van der Waals surface area (Å²) in [5.41, 5.74) is 1.73. The van der Waals surface area contributed by atoms with Gasteiger partial charge in [0.1, 0.15) is 40.4 Å². The van der Waals surface area contributed by atoms with Crippen LogP contribution in [0.3, 0.4) is 0 Å². The zero-order valence-electron chi connectivity index (χ0n) is 25.9. The number of carbonyl (C=O) groups excluding carboxylic acids is 2. The molecule has 45 heavy (non-hydrogen) atoms. The van der Waals surface area contributed by atoms with Gasteiger partial charge >= 0.3 is 0 Å². The molecule has 0 radical (unpaired) electrons. The topological polar surface area (TPSA) is 52.0 Å². The standard InChI is InChI=1S/C39H40N2O2P.HI/c1-30-40-36-37(39(43)35-27-17-16-26-34(35)38(36)42)41(30)28-18-5-3-2-4-6-19-29-44(31-20-10-7-11-21-31,32-22-12-8-13-23-32)33-24-14-9-15-25-33;/h7-17,20-27H,2-6,18-19,28-29H2,1H3;1H/q+1;/p-1. The summed E-state index contributed by atoms with van der Waals surface area (Å²) in [6, 6.07) is 40.5. The molecule has 0 saturated carbocycles. The SMILES string of the molecule is Cc1nc2c(n1CCCCCCCCC[P+](c1ccccc1)(c1ccccc1)c1ccccc1)C(=O)c1ccccc1C2=O.[I-]. The van der Waals surface area contributed by atoms with Crippen LogP contribution in [0.5, 0.6) is 0 Å². The lowest BCUT2D eigenvalue weighted by atomic mass is 9.90. The number of aromatic nitrogens is 2. The number of nitrogens with zero attached hydrogens (tertiary/aromatic N) is 2. The lowest BCUT2D eigenvalue weighted by molar-refractivity contribution is -0.0000226. The van der Waals surface area contributed by atoms with E-state index in [1.807, 2.05) is 17.6 Å². The lowest BCUT2D eigenvalue weighted by Gasteiger charge is -2.27. The molecular weight excluding hydrogens is 686 g/mol. The average Bonchev–Trinajstić information content (AvgIpc) is 3.42. The Labute approximate surface area is 284 Å². The monoisotopic (exact) mass is 726 g/mol. The third kappa shape index (κ3) is 6.76. The number of hydrogen-bond acceptors (Lipinski definition) is 3. The first-order valence-electron chi connectivity index (χ1n) is 15.9. The van der Waals surface area contributed by atoms with Gasteiger partial charge in [0.05, 0.1) is 6.16 Å². The van der Waals surface area contributed by atoms with Crippen LogP contribution in [0.15, 0.2) is 115 Å². The summed E-state index contributed by atoms with van der Waals surface area (Å²) in [5, 5.41) is 4.37. The number of imidazole rings is 1. The van der Waals surface area contributed by atoms with E-state index in [2.05, 4.69) is 96.0 Å². The van der Waals surface area contributed by atoms with Crippen molar-refractivity contribution in [2.75, 3.05) is 6.16 Å². The zero-order valence-corrected chi connectivity index (χ0v) is 28.9. The van der Waals surface area contributed by atoms with Gasteiger partial charge in [0, 0.05) is 17.7 Å². The van der Waals surface area contributed by atoms with Crippen molar-refractivity contribution in [1.82, 2.24) is 9.55 Å². The molecule has 0 spiro atoms. The van der Waals surface area contributed by atoms with Gasteiger partial charge in [-0.05, 0) is 62.6 Å². The highest BCUT2D eigenvalue weighted by atomic mass is 127. The van der Waals surface area contributed by atoms with Crippen LogP contribution in [-0.4, -0.2) is 27.3 Å². The highest BCUT2D eigenvalue weighted by molar-refractivity contribution is 7.95. The fraction of sp³-hybridized carbons (Fsp3) is 0.256. The van der Waals surface area contributed by atoms with Gasteiger partial charge in [-0.1, -0.05) is 105 Å². The maximum atomic E-state index is 13.3. The molecular formula is C39H40IN2O2P. The third-order valence-electron chi connectivity index (χ3n) is 8.97. The second-order valence-corrected chi connectivity index (χ2v) is 15.3. The van der Waals surface area contributed by atoms with Crippen LogP contribution < -0.4 is 39.9 Å². The maximum absolute atomic E-state index is 13.3. The molecule has 6 heteroatoms. The van der Waals surface area contributed by atoms with E-state index in [-0.39, 0.29) is 35.5 Å². The molecule has 1 aliphatic rings. The van der Waals surface area contributed by atoms with Crippen LogP contribution in [0, 0.1) is 6.92 Å². The summed E-state index contributed by atoms with van der Waals surface area (Å²) in [6.45, 7) is 2.61. The number of unbranched alkanes of at least 4 members (excludes halogenated alkanes) is 6. The number of fused-ring (bicyclic) bond motifs is 2. The summed E-state index contributed by atoms with van der Waals surface area (Å²) in [4.78, 5) is 30.8. The van der Waals surface area contributed by atoms with Gasteiger partial charge in [0.2, 0.25) is 11.6 Å². The fourth-order valence-corrected chi connectivity index (χ4v) is 11.2. The second kappa shape index (κ2) is 15.2. The van der Waals surface area contributed by atoms with Gasteiger partial charge in [0.15, 0.2) is 0 Å². The van der Waals surface area contributed by atoms with Gasteiger partial charge in [-0.3, -0.25) is 9.59 Å². The van der Waals surface area contributed by atoms with Crippen LogP contribution in [0.25, 0.3) is 0 Å². The number of halogens is 1. The van der Waals surface area contributed by atoms with Gasteiger partial charge in [-0.2, -0.15) is 0 Å². The van der Waals surface area contributed by atoms with Gasteiger partial charge < -0.3 is 28.5 Å². The molecule has 0 aliphatic heterocycles. The normalized spacial score (nSPS) is 12.4. The van der Waals surface area contributed by atoms with Crippen molar-refractivity contribution in [3.63, 3.8) is 0 Å². The molecule has 0 N–H and O–H groups in total. The van der Waals surface area contributed by atoms with Crippen molar-refractivity contribution in [1.29, 1.82) is 0 Å². The zero-order chi connectivity index (χ0) is 30.4. The van der Waals surface area contributed by atoms with Crippen LogP contribution in [0.1, 0.15) is 82.9 Å². The number of benzene rings is 4. The smallest absolute Gasteiger partial charge is 0.214 e. The van der Waals surface area contributed by atoms with E-state index in [0.717, 1.165) is 18.7 Å². The lowest BCUT2D eigenvalue weighted by Crippen LogP contribution is -3.00. The number of aryl methyl sites for hydroxylation is 1. The van der Waals surface area contributed by atoms with Crippen molar-refractivity contribution in [2.24, 2.45) is 0 Å². The number of hydrogen-bond donors (Lipinski definition) is 0. The van der Waals surface area contributed by atoms with Gasteiger partial charge in [-0.15, -0.1) is 0 Å². The molecule has 0 atom stereocenters. The van der Waals surface area contributed by atoms with Crippen molar-refractivity contribution < 1.29 is 33.6 Å². The fourth-order valence-electron chi connectivity index (χ4n) is 6.75. The van der Waals surface area contributed by atoms with Crippen molar-refractivity contribution in [3.8, 4) is 0 Å². The summed E-state index contributed by atoms with van der Waals surface area (Å²) < 4.78 is 1.96. The Morgan fingerprint density at radius 1 is 0.556 bits per heavy atom. The predicted octanol–water partition coefficient (Wildman–Crippen LogP) is 4.70. The molecule has 230 valence electrons. The Bertz CT molecular complexity index is 1640. The van der Waals surface area contributed by atoms with Crippen molar-refractivity contribution in [3.05, 3.63) is 144 Å². The van der Waals surface area contributed by atoms with Crippen LogP contribution in [0.4, 0.5) is 0 Å². The van der Waals surface area contributed by atoms with Crippen LogP contribution in [-0.2, 0) is 6.54 Å². The molecule has 4 aromatic carbocycles. The molecule has 0 fully saturated rings. The van der Waals surface area contributed by atoms with E-state index < -0.39 is 7.26 Å². The molecule has 0 unspecified atom stereocenters. The Hall–Kier alpha value is -3.41. The average molecular weight is 727 g/mol. The number of rotatable bonds is 13. The molecule has 0 saturated heterocycles. The van der Waals surface area contributed by atoms with E-state index in [4.69, 9.17) is 0 Å². The Kier molecular flexibility index (Phi) is 11.2. The van der Waals surface area contributed by atoms with E-state index in [1.165, 1.54) is 54.2 Å². The first kappa shape index (κ1) is 33.0. The Morgan fingerprint density at radius 2 is 0.978 bits per heavy atom. The molecule has 1 aliphatic carbocycles. The highest BCUT2D eigenvalue weighted by Gasteiger charge is 2.44. The largest absolute Gasteiger partial charge is 1.00 e. The molecule has 0 bridgehead atoms. The first-order chi connectivity index (χ1) is 21.6. The Balaban J connectivity index is 0.00000400. The van der Waals surface area contributed by atoms with Gasteiger partial charge in [0.25, 0.3) is 0 Å². The van der Waals surface area contributed by atoms with Crippen molar-refractivity contribution >= 4 is 34.7 Å². The molecule has 4 nitrogen and oxygen atoms in total. The Morgan fingerprint density at radius 3 is 1.49 bits per heavy atom. The van der Waals surface area contributed by atoms with Crippen LogP contribution >= 0.6 is 7.26 Å². The summed E-state index contributed by atoms with van der Waals surface area (Å²) in [6.07, 6.45) is 9.26. The van der Waals surface area contributed by atoms with Crippen LogP contribution in [0.2, 0.25) is 0 Å². The minimum Gasteiger partial charge on any atom is -1.00 e. The molecule has 5 aromatic rings. The number of carbonyl (C=O) groups is 2. The van der Waals surface area contributed by atoms with Crippen molar-refractivity contribution in [2.45, 2.75) is 58.4 Å². The third-order valence-corrected chi connectivity index (χ3v) is 13.5. The minimum atomic E-state index is -1.75. The predicted molar refractivity (Wildman–Crippen MR) is 183 cm³/mol. The minimum absolute atomic E-state index is 0. The van der Waals surface area contributed by atoms with E-state index in [0.29, 0.717) is 29.1 Å². The summed E-state index contributed by atoms with van der Waals surface area (Å²) >= 11 is 0. The maximum Gasteiger partial charge on any atom is 0.214 e. The first-order valence-corrected chi connectivity index (χ1v) is 17.9. The number of ketones is 2. The van der Waals surface area contributed by atoms with E-state index in [9.17, 15) is 9.59 Å².